The number of rotatable bonds is 16. The average Bonchev–Trinajstić information content (AvgIpc) is 3.51. The van der Waals surface area contributed by atoms with Crippen molar-refractivity contribution in [3.8, 4) is 11.5 Å². The van der Waals surface area contributed by atoms with Crippen LogP contribution in [-0.2, 0) is 22.4 Å². The van der Waals surface area contributed by atoms with Crippen LogP contribution in [0.4, 0.5) is 0 Å². The van der Waals surface area contributed by atoms with Crippen LogP contribution in [0.25, 0.3) is 0 Å². The first-order valence-corrected chi connectivity index (χ1v) is 12.1. The van der Waals surface area contributed by atoms with Crippen LogP contribution < -0.4 is 0 Å². The highest BCUT2D eigenvalue weighted by Crippen LogP contribution is 2.50. The van der Waals surface area contributed by atoms with E-state index in [2.05, 4.69) is 0 Å². The fourth-order valence-corrected chi connectivity index (χ4v) is 4.29. The molecule has 1 aromatic carbocycles. The maximum absolute atomic E-state index is 11.2. The summed E-state index contributed by atoms with van der Waals surface area (Å²) in [6.07, 6.45) is 12.2. The largest absolute Gasteiger partial charge is 0.504 e. The Morgan fingerprint density at radius 3 is 2.06 bits per heavy atom. The van der Waals surface area contributed by atoms with Crippen LogP contribution in [0.3, 0.4) is 0 Å². The van der Waals surface area contributed by atoms with E-state index in [1.807, 2.05) is 6.07 Å². The number of hydrogen-bond donors (Lipinski definition) is 4. The van der Waals surface area contributed by atoms with Crippen molar-refractivity contribution in [1.29, 1.82) is 0 Å². The minimum atomic E-state index is -0.762. The van der Waals surface area contributed by atoms with Gasteiger partial charge in [-0.2, -0.15) is 0 Å². The molecular weight excluding hydrogens is 408 g/mol. The number of carbonyl (C=O) groups is 2. The topological polar surface area (TPSA) is 115 Å². The van der Waals surface area contributed by atoms with Gasteiger partial charge in [-0.25, -0.2) is 0 Å². The number of aromatic hydroxyl groups is 2. The van der Waals surface area contributed by atoms with Gasteiger partial charge < -0.3 is 20.4 Å². The van der Waals surface area contributed by atoms with Gasteiger partial charge in [0.15, 0.2) is 11.5 Å². The van der Waals surface area contributed by atoms with Crippen molar-refractivity contribution in [2.45, 2.75) is 104 Å². The monoisotopic (exact) mass is 448 g/mol. The quantitative estimate of drug-likeness (QED) is 0.180. The van der Waals surface area contributed by atoms with Gasteiger partial charge in [0, 0.05) is 0 Å². The Bertz CT molecular complexity index is 779. The molecule has 4 N–H and O–H groups in total. The highest BCUT2D eigenvalue weighted by Gasteiger charge is 2.49. The number of phenols is 2. The van der Waals surface area contributed by atoms with Gasteiger partial charge in [0.25, 0.3) is 0 Å². The zero-order chi connectivity index (χ0) is 23.8. The molecule has 0 unspecified atom stereocenters. The molecule has 0 bridgehead atoms. The molecule has 1 aliphatic rings. The number of carboxylic acid groups (broad SMARTS) is 2. The van der Waals surface area contributed by atoms with E-state index in [4.69, 9.17) is 5.11 Å². The van der Waals surface area contributed by atoms with E-state index in [1.54, 1.807) is 19.9 Å². The summed E-state index contributed by atoms with van der Waals surface area (Å²) in [5.41, 5.74) is 0.670. The third kappa shape index (κ3) is 7.72. The van der Waals surface area contributed by atoms with Gasteiger partial charge in [0.2, 0.25) is 0 Å². The lowest BCUT2D eigenvalue weighted by molar-refractivity contribution is -0.147. The molecule has 0 heterocycles. The first kappa shape index (κ1) is 26.0. The van der Waals surface area contributed by atoms with Crippen molar-refractivity contribution in [1.82, 2.24) is 0 Å². The predicted molar refractivity (Wildman–Crippen MR) is 124 cm³/mol. The van der Waals surface area contributed by atoms with E-state index in [-0.39, 0.29) is 11.5 Å². The summed E-state index contributed by atoms with van der Waals surface area (Å²) in [4.78, 5) is 22.4. The molecule has 0 aromatic heterocycles. The number of carboxylic acids is 2. The normalized spacial score (nSPS) is 14.9. The van der Waals surface area contributed by atoms with E-state index >= 15 is 0 Å². The Morgan fingerprint density at radius 2 is 1.47 bits per heavy atom. The van der Waals surface area contributed by atoms with Crippen LogP contribution in [0.2, 0.25) is 0 Å². The van der Waals surface area contributed by atoms with E-state index in [1.165, 1.54) is 0 Å². The molecule has 6 nitrogen and oxygen atoms in total. The van der Waals surface area contributed by atoms with Gasteiger partial charge in [-0.1, -0.05) is 44.6 Å². The van der Waals surface area contributed by atoms with Crippen molar-refractivity contribution in [3.05, 3.63) is 23.3 Å². The number of hydrogen-bond acceptors (Lipinski definition) is 4. The summed E-state index contributed by atoms with van der Waals surface area (Å²) in [6.45, 7) is 3.50. The third-order valence-corrected chi connectivity index (χ3v) is 6.98. The summed E-state index contributed by atoms with van der Waals surface area (Å²) >= 11 is 0. The first-order valence-electron chi connectivity index (χ1n) is 12.1. The zero-order valence-electron chi connectivity index (χ0n) is 19.7. The number of aryl methyl sites for hydroxylation is 2. The second-order valence-corrected chi connectivity index (χ2v) is 10.2. The van der Waals surface area contributed by atoms with Crippen molar-refractivity contribution in [2.24, 2.45) is 10.8 Å². The molecule has 1 aromatic rings. The molecule has 0 atom stereocenters. The van der Waals surface area contributed by atoms with Crippen LogP contribution in [-0.4, -0.2) is 32.4 Å². The summed E-state index contributed by atoms with van der Waals surface area (Å²) < 4.78 is 0. The summed E-state index contributed by atoms with van der Waals surface area (Å²) in [6, 6.07) is 3.61. The van der Waals surface area contributed by atoms with E-state index < -0.39 is 22.8 Å². The lowest BCUT2D eigenvalue weighted by atomic mass is 9.87. The molecule has 32 heavy (non-hydrogen) atoms. The number of phenolic OH excluding ortho intramolecular Hbond substituents is 2. The molecule has 0 spiro atoms. The Kier molecular flexibility index (Phi) is 9.41. The molecule has 6 heteroatoms. The van der Waals surface area contributed by atoms with Gasteiger partial charge in [-0.05, 0) is 82.4 Å². The highest BCUT2D eigenvalue weighted by atomic mass is 16.4. The van der Waals surface area contributed by atoms with Gasteiger partial charge in [0.1, 0.15) is 0 Å². The van der Waals surface area contributed by atoms with Gasteiger partial charge in [-0.3, -0.25) is 9.59 Å². The highest BCUT2D eigenvalue weighted by molar-refractivity contribution is 5.77. The Hall–Kier alpha value is -2.24. The standard InChI is InChI=1S/C26H40O6/c1-25(2,23(29)30)13-9-5-4-8-12-20-17-19(18-21(27)22(20)28)11-7-3-6-10-14-26(15-16-26)24(31)32/h17-18,27-28H,3-16H2,1-2H3,(H,29,30)(H,31,32). The predicted octanol–water partition coefficient (Wildman–Crippen LogP) is 6.06. The average molecular weight is 449 g/mol. The summed E-state index contributed by atoms with van der Waals surface area (Å²) in [5, 5.41) is 38.7. The molecule has 1 fully saturated rings. The fraction of sp³-hybridized carbons (Fsp3) is 0.692. The van der Waals surface area contributed by atoms with Crippen LogP contribution in [0.5, 0.6) is 11.5 Å². The maximum Gasteiger partial charge on any atom is 0.309 e. The minimum Gasteiger partial charge on any atom is -0.504 e. The summed E-state index contributed by atoms with van der Waals surface area (Å²) in [7, 11) is 0. The first-order chi connectivity index (χ1) is 15.1. The minimum absolute atomic E-state index is 0.0378. The van der Waals surface area contributed by atoms with Crippen LogP contribution >= 0.6 is 0 Å². The van der Waals surface area contributed by atoms with E-state index in [9.17, 15) is 24.9 Å². The second kappa shape index (κ2) is 11.6. The molecule has 0 amide bonds. The number of unbranched alkanes of at least 4 members (excludes halogenated alkanes) is 6. The van der Waals surface area contributed by atoms with Crippen molar-refractivity contribution in [2.75, 3.05) is 0 Å². The van der Waals surface area contributed by atoms with Gasteiger partial charge in [-0.15, -0.1) is 0 Å². The molecular formula is C26H40O6. The smallest absolute Gasteiger partial charge is 0.309 e. The van der Waals surface area contributed by atoms with Crippen molar-refractivity contribution < 1.29 is 30.0 Å². The Morgan fingerprint density at radius 1 is 0.875 bits per heavy atom. The van der Waals surface area contributed by atoms with Crippen LogP contribution in [0, 0.1) is 10.8 Å². The molecule has 2 rings (SSSR count). The van der Waals surface area contributed by atoms with E-state index in [0.29, 0.717) is 12.8 Å². The van der Waals surface area contributed by atoms with Gasteiger partial charge >= 0.3 is 11.9 Å². The molecule has 0 radical (unpaired) electrons. The van der Waals surface area contributed by atoms with Crippen molar-refractivity contribution >= 4 is 11.9 Å². The van der Waals surface area contributed by atoms with Crippen LogP contribution in [0.1, 0.15) is 102 Å². The maximum atomic E-state index is 11.2. The number of benzene rings is 1. The van der Waals surface area contributed by atoms with Crippen molar-refractivity contribution in [3.63, 3.8) is 0 Å². The fourth-order valence-electron chi connectivity index (χ4n) is 4.29. The third-order valence-electron chi connectivity index (χ3n) is 6.98. The SMILES string of the molecule is CC(C)(CCCCCCc1cc(CCCCCCC2(C(=O)O)CC2)cc(O)c1O)C(=O)O. The van der Waals surface area contributed by atoms with E-state index in [0.717, 1.165) is 88.2 Å². The van der Waals surface area contributed by atoms with Gasteiger partial charge in [0.05, 0.1) is 10.8 Å². The molecule has 1 aliphatic carbocycles. The molecule has 0 aliphatic heterocycles. The molecule has 180 valence electrons. The second-order valence-electron chi connectivity index (χ2n) is 10.2. The van der Waals surface area contributed by atoms with Crippen LogP contribution in [0.15, 0.2) is 12.1 Å². The Labute approximate surface area is 191 Å². The number of aliphatic carboxylic acids is 2. The Balaban J connectivity index is 1.68. The zero-order valence-corrected chi connectivity index (χ0v) is 19.7. The molecule has 1 saturated carbocycles. The lowest BCUT2D eigenvalue weighted by Crippen LogP contribution is -2.23. The molecule has 0 saturated heterocycles. The lowest BCUT2D eigenvalue weighted by Gasteiger charge is -2.18. The summed E-state index contributed by atoms with van der Waals surface area (Å²) in [5.74, 6) is -1.52.